The molecule has 1 saturated carbocycles. The van der Waals surface area contributed by atoms with E-state index < -0.39 is 6.04 Å². The summed E-state index contributed by atoms with van der Waals surface area (Å²) in [6.07, 6.45) is 7.62. The third-order valence-electron chi connectivity index (χ3n) is 6.42. The first kappa shape index (κ1) is 24.3. The number of benzene rings is 2. The zero-order valence-electron chi connectivity index (χ0n) is 19.3. The van der Waals surface area contributed by atoms with Crippen LogP contribution in [0.2, 0.25) is 5.02 Å². The van der Waals surface area contributed by atoms with E-state index in [1.807, 2.05) is 31.2 Å². The topological polar surface area (TPSA) is 49.4 Å². The molecule has 1 atom stereocenters. The smallest absolute Gasteiger partial charge is 0.242 e. The summed E-state index contributed by atoms with van der Waals surface area (Å²) in [6, 6.07) is 15.6. The first-order valence-corrected chi connectivity index (χ1v) is 12.3. The monoisotopic (exact) mass is 454 g/mol. The SMILES string of the molecule is CCc1ccc(CCC(=O)N(Cc2cccc(Cl)c2)C(C)C(=O)NC2CCCCC2)cc1. The minimum Gasteiger partial charge on any atom is -0.352 e. The van der Waals surface area contributed by atoms with Gasteiger partial charge in [0.15, 0.2) is 0 Å². The maximum Gasteiger partial charge on any atom is 0.242 e. The standard InChI is InChI=1S/C27H35ClN2O2/c1-3-21-12-14-22(15-13-21)16-17-26(31)30(19-23-8-7-9-24(28)18-23)20(2)27(32)29-25-10-5-4-6-11-25/h7-9,12-15,18,20,25H,3-6,10-11,16-17,19H2,1-2H3,(H,29,32). The van der Waals surface area contributed by atoms with Crippen molar-refractivity contribution in [2.75, 3.05) is 0 Å². The molecule has 3 rings (SSSR count). The highest BCUT2D eigenvalue weighted by atomic mass is 35.5. The highest BCUT2D eigenvalue weighted by Gasteiger charge is 2.28. The lowest BCUT2D eigenvalue weighted by Crippen LogP contribution is -2.50. The Morgan fingerprint density at radius 1 is 1.03 bits per heavy atom. The molecular weight excluding hydrogens is 420 g/mol. The molecule has 0 saturated heterocycles. The predicted molar refractivity (Wildman–Crippen MR) is 131 cm³/mol. The fourth-order valence-electron chi connectivity index (χ4n) is 4.32. The summed E-state index contributed by atoms with van der Waals surface area (Å²) in [6.45, 7) is 4.33. The average molecular weight is 455 g/mol. The van der Waals surface area contributed by atoms with Gasteiger partial charge in [-0.05, 0) is 61.4 Å². The lowest BCUT2D eigenvalue weighted by atomic mass is 9.95. The molecule has 0 aromatic heterocycles. The Balaban J connectivity index is 1.69. The molecule has 1 unspecified atom stereocenters. The maximum atomic E-state index is 13.3. The second-order valence-corrected chi connectivity index (χ2v) is 9.28. The molecule has 32 heavy (non-hydrogen) atoms. The Bertz CT molecular complexity index is 891. The summed E-state index contributed by atoms with van der Waals surface area (Å²) in [5.74, 6) is -0.0876. The number of amides is 2. The Morgan fingerprint density at radius 3 is 2.38 bits per heavy atom. The number of carbonyl (C=O) groups excluding carboxylic acids is 2. The van der Waals surface area contributed by atoms with E-state index in [9.17, 15) is 9.59 Å². The molecule has 1 fully saturated rings. The average Bonchev–Trinajstić information content (AvgIpc) is 2.81. The molecule has 1 aliphatic rings. The van der Waals surface area contributed by atoms with Gasteiger partial charge in [-0.3, -0.25) is 9.59 Å². The van der Waals surface area contributed by atoms with Crippen molar-refractivity contribution in [3.8, 4) is 0 Å². The number of nitrogens with one attached hydrogen (secondary N) is 1. The van der Waals surface area contributed by atoms with Crippen LogP contribution in [-0.2, 0) is 29.0 Å². The van der Waals surface area contributed by atoms with Gasteiger partial charge < -0.3 is 10.2 Å². The van der Waals surface area contributed by atoms with Crippen molar-refractivity contribution in [3.05, 3.63) is 70.2 Å². The lowest BCUT2D eigenvalue weighted by molar-refractivity contribution is -0.141. The molecule has 2 aromatic carbocycles. The predicted octanol–water partition coefficient (Wildman–Crippen LogP) is 5.70. The van der Waals surface area contributed by atoms with Gasteiger partial charge in [-0.25, -0.2) is 0 Å². The van der Waals surface area contributed by atoms with E-state index in [4.69, 9.17) is 11.6 Å². The van der Waals surface area contributed by atoms with Gasteiger partial charge in [0.2, 0.25) is 11.8 Å². The van der Waals surface area contributed by atoms with E-state index in [-0.39, 0.29) is 17.9 Å². The maximum absolute atomic E-state index is 13.3. The molecule has 0 radical (unpaired) electrons. The van der Waals surface area contributed by atoms with Crippen molar-refractivity contribution in [1.82, 2.24) is 10.2 Å². The molecule has 1 aliphatic carbocycles. The number of hydrogen-bond acceptors (Lipinski definition) is 2. The lowest BCUT2D eigenvalue weighted by Gasteiger charge is -2.31. The van der Waals surface area contributed by atoms with Crippen molar-refractivity contribution in [3.63, 3.8) is 0 Å². The summed E-state index contributed by atoms with van der Waals surface area (Å²) >= 11 is 6.16. The van der Waals surface area contributed by atoms with Gasteiger partial charge in [-0.1, -0.05) is 74.2 Å². The molecule has 2 aromatic rings. The fraction of sp³-hybridized carbons (Fsp3) is 0.481. The van der Waals surface area contributed by atoms with E-state index in [1.54, 1.807) is 4.90 Å². The summed E-state index contributed by atoms with van der Waals surface area (Å²) in [5.41, 5.74) is 3.35. The molecule has 0 bridgehead atoms. The van der Waals surface area contributed by atoms with Crippen LogP contribution in [0.4, 0.5) is 0 Å². The number of nitrogens with zero attached hydrogens (tertiary/aromatic N) is 1. The summed E-state index contributed by atoms with van der Waals surface area (Å²) in [5, 5.41) is 3.81. The normalized spacial score (nSPS) is 15.2. The van der Waals surface area contributed by atoms with Crippen LogP contribution in [-0.4, -0.2) is 28.8 Å². The van der Waals surface area contributed by atoms with Gasteiger partial charge in [0.05, 0.1) is 0 Å². The zero-order valence-corrected chi connectivity index (χ0v) is 20.0. The van der Waals surface area contributed by atoms with Crippen molar-refractivity contribution in [1.29, 1.82) is 0 Å². The Kier molecular flexibility index (Phi) is 9.16. The second-order valence-electron chi connectivity index (χ2n) is 8.84. The summed E-state index contributed by atoms with van der Waals surface area (Å²) in [4.78, 5) is 28.0. The van der Waals surface area contributed by atoms with Crippen molar-refractivity contribution < 1.29 is 9.59 Å². The van der Waals surface area contributed by atoms with Crippen LogP contribution in [0.15, 0.2) is 48.5 Å². The van der Waals surface area contributed by atoms with E-state index in [1.165, 1.54) is 12.0 Å². The van der Waals surface area contributed by atoms with Gasteiger partial charge in [0.1, 0.15) is 6.04 Å². The Morgan fingerprint density at radius 2 is 1.72 bits per heavy atom. The van der Waals surface area contributed by atoms with E-state index in [2.05, 4.69) is 36.5 Å². The minimum absolute atomic E-state index is 0.0177. The van der Waals surface area contributed by atoms with Crippen LogP contribution in [0.3, 0.4) is 0 Å². The fourth-order valence-corrected chi connectivity index (χ4v) is 4.53. The van der Waals surface area contributed by atoms with Crippen molar-refractivity contribution in [2.45, 2.75) is 83.8 Å². The first-order valence-electron chi connectivity index (χ1n) is 11.9. The molecule has 1 N–H and O–H groups in total. The number of hydrogen-bond donors (Lipinski definition) is 1. The molecule has 4 nitrogen and oxygen atoms in total. The quantitative estimate of drug-likeness (QED) is 0.528. The molecule has 5 heteroatoms. The molecule has 172 valence electrons. The third-order valence-corrected chi connectivity index (χ3v) is 6.65. The number of aryl methyl sites for hydroxylation is 2. The Hall–Kier alpha value is -2.33. The van der Waals surface area contributed by atoms with Crippen LogP contribution in [0.5, 0.6) is 0 Å². The molecular formula is C27H35ClN2O2. The van der Waals surface area contributed by atoms with Gasteiger partial charge >= 0.3 is 0 Å². The third kappa shape index (κ3) is 7.09. The van der Waals surface area contributed by atoms with E-state index in [0.29, 0.717) is 24.4 Å². The Labute approximate surface area is 197 Å². The van der Waals surface area contributed by atoms with E-state index in [0.717, 1.165) is 43.2 Å². The van der Waals surface area contributed by atoms with Gasteiger partial charge in [-0.15, -0.1) is 0 Å². The number of rotatable bonds is 9. The number of carbonyl (C=O) groups is 2. The molecule has 0 heterocycles. The minimum atomic E-state index is -0.536. The molecule has 2 amide bonds. The molecule has 0 spiro atoms. The zero-order chi connectivity index (χ0) is 22.9. The van der Waals surface area contributed by atoms with Crippen LogP contribution in [0.1, 0.15) is 69.1 Å². The van der Waals surface area contributed by atoms with Crippen LogP contribution >= 0.6 is 11.6 Å². The second kappa shape index (κ2) is 12.1. The van der Waals surface area contributed by atoms with Crippen molar-refractivity contribution >= 4 is 23.4 Å². The van der Waals surface area contributed by atoms with Gasteiger partial charge in [-0.2, -0.15) is 0 Å². The van der Waals surface area contributed by atoms with Crippen LogP contribution in [0, 0.1) is 0 Å². The summed E-state index contributed by atoms with van der Waals surface area (Å²) in [7, 11) is 0. The van der Waals surface area contributed by atoms with E-state index >= 15 is 0 Å². The van der Waals surface area contributed by atoms with Crippen molar-refractivity contribution in [2.24, 2.45) is 0 Å². The highest BCUT2D eigenvalue weighted by Crippen LogP contribution is 2.19. The highest BCUT2D eigenvalue weighted by molar-refractivity contribution is 6.30. The number of halogens is 1. The van der Waals surface area contributed by atoms with Gasteiger partial charge in [0, 0.05) is 24.0 Å². The largest absolute Gasteiger partial charge is 0.352 e. The molecule has 0 aliphatic heterocycles. The van der Waals surface area contributed by atoms with Crippen LogP contribution in [0.25, 0.3) is 0 Å². The summed E-state index contributed by atoms with van der Waals surface area (Å²) < 4.78 is 0. The first-order chi connectivity index (χ1) is 15.5. The van der Waals surface area contributed by atoms with Crippen LogP contribution < -0.4 is 5.32 Å². The van der Waals surface area contributed by atoms with Gasteiger partial charge in [0.25, 0.3) is 0 Å².